The summed E-state index contributed by atoms with van der Waals surface area (Å²) < 4.78 is 43.2. The number of halogens is 2. The van der Waals surface area contributed by atoms with E-state index in [9.17, 15) is 23.2 Å². The van der Waals surface area contributed by atoms with Crippen LogP contribution < -0.4 is 15.8 Å². The maximum atomic E-state index is 14.4. The van der Waals surface area contributed by atoms with E-state index in [1.807, 2.05) is 5.32 Å². The van der Waals surface area contributed by atoms with Gasteiger partial charge in [0.05, 0.1) is 7.11 Å². The third kappa shape index (κ3) is 4.61. The van der Waals surface area contributed by atoms with Crippen LogP contribution in [0.3, 0.4) is 0 Å². The SMILES string of the molecule is COC(=O)C(N)Cc1ccc(Oc2ccc(C=C3OC(=O)NC3=O)cc2)c(F)c1F. The van der Waals surface area contributed by atoms with Gasteiger partial charge in [0, 0.05) is 6.42 Å². The molecule has 0 saturated carbocycles. The number of benzene rings is 2. The maximum absolute atomic E-state index is 14.4. The lowest BCUT2D eigenvalue weighted by Crippen LogP contribution is -2.34. The molecule has 1 saturated heterocycles. The van der Waals surface area contributed by atoms with E-state index in [-0.39, 0.29) is 29.2 Å². The lowest BCUT2D eigenvalue weighted by molar-refractivity contribution is -0.142. The van der Waals surface area contributed by atoms with E-state index >= 15 is 0 Å². The number of methoxy groups -OCH3 is 1. The Kier molecular flexibility index (Phi) is 6.07. The van der Waals surface area contributed by atoms with Crippen LogP contribution in [0.1, 0.15) is 11.1 Å². The highest BCUT2D eigenvalue weighted by Crippen LogP contribution is 2.28. The normalized spacial score (nSPS) is 15.5. The number of nitrogens with two attached hydrogens (primary N) is 1. The number of hydrogen-bond acceptors (Lipinski definition) is 7. The maximum Gasteiger partial charge on any atom is 0.419 e. The molecule has 2 aromatic carbocycles. The first-order chi connectivity index (χ1) is 14.3. The van der Waals surface area contributed by atoms with Crippen LogP contribution in [0.5, 0.6) is 11.5 Å². The molecular weight excluding hydrogens is 402 g/mol. The van der Waals surface area contributed by atoms with Crippen molar-refractivity contribution in [2.24, 2.45) is 5.73 Å². The Hall–Kier alpha value is -3.79. The first kappa shape index (κ1) is 20.9. The number of rotatable bonds is 6. The molecule has 156 valence electrons. The largest absolute Gasteiger partial charge is 0.468 e. The second-order valence-electron chi connectivity index (χ2n) is 6.21. The van der Waals surface area contributed by atoms with Crippen LogP contribution in [0.15, 0.2) is 42.2 Å². The minimum Gasteiger partial charge on any atom is -0.468 e. The summed E-state index contributed by atoms with van der Waals surface area (Å²) >= 11 is 0. The van der Waals surface area contributed by atoms with Gasteiger partial charge in [-0.15, -0.1) is 0 Å². The van der Waals surface area contributed by atoms with Gasteiger partial charge in [0.1, 0.15) is 11.8 Å². The van der Waals surface area contributed by atoms with Gasteiger partial charge in [-0.3, -0.25) is 14.9 Å². The van der Waals surface area contributed by atoms with Gasteiger partial charge in [0.2, 0.25) is 5.82 Å². The second kappa shape index (κ2) is 8.70. The fourth-order valence-electron chi connectivity index (χ4n) is 2.61. The minimum atomic E-state index is -1.23. The predicted molar refractivity (Wildman–Crippen MR) is 99.2 cm³/mol. The number of esters is 1. The van der Waals surface area contributed by atoms with E-state index in [4.69, 9.17) is 15.2 Å². The van der Waals surface area contributed by atoms with Crippen LogP contribution in [-0.2, 0) is 25.5 Å². The van der Waals surface area contributed by atoms with Crippen LogP contribution >= 0.6 is 0 Å². The summed E-state index contributed by atoms with van der Waals surface area (Å²) in [6, 6.07) is 7.33. The van der Waals surface area contributed by atoms with Gasteiger partial charge in [-0.05, 0) is 35.4 Å². The van der Waals surface area contributed by atoms with E-state index in [1.54, 1.807) is 0 Å². The third-order valence-corrected chi connectivity index (χ3v) is 4.12. The van der Waals surface area contributed by atoms with Crippen molar-refractivity contribution in [2.45, 2.75) is 12.5 Å². The topological polar surface area (TPSA) is 117 Å². The summed E-state index contributed by atoms with van der Waals surface area (Å²) in [5.41, 5.74) is 6.00. The average molecular weight is 418 g/mol. The van der Waals surface area contributed by atoms with Gasteiger partial charge in [0.15, 0.2) is 17.3 Å². The fourth-order valence-corrected chi connectivity index (χ4v) is 2.61. The molecule has 10 heteroatoms. The second-order valence-corrected chi connectivity index (χ2v) is 6.21. The Bertz CT molecular complexity index is 1040. The Morgan fingerprint density at radius 3 is 2.47 bits per heavy atom. The molecule has 8 nitrogen and oxygen atoms in total. The van der Waals surface area contributed by atoms with Crippen molar-refractivity contribution >= 4 is 24.0 Å². The minimum absolute atomic E-state index is 0.0934. The molecule has 2 amide bonds. The molecule has 3 rings (SSSR count). The van der Waals surface area contributed by atoms with E-state index in [0.717, 1.165) is 7.11 Å². The van der Waals surface area contributed by atoms with Crippen LogP contribution in [0, 0.1) is 11.6 Å². The smallest absolute Gasteiger partial charge is 0.419 e. The van der Waals surface area contributed by atoms with Gasteiger partial charge in [-0.1, -0.05) is 18.2 Å². The number of ether oxygens (including phenoxy) is 3. The monoisotopic (exact) mass is 418 g/mol. The zero-order chi connectivity index (χ0) is 21.8. The summed E-state index contributed by atoms with van der Waals surface area (Å²) in [5, 5.41) is 1.96. The number of alkyl carbamates (subject to hydrolysis) is 1. The molecule has 1 aliphatic heterocycles. The lowest BCUT2D eigenvalue weighted by Gasteiger charge is -2.12. The Morgan fingerprint density at radius 2 is 1.87 bits per heavy atom. The molecule has 1 unspecified atom stereocenters. The number of cyclic esters (lactones) is 1. The van der Waals surface area contributed by atoms with Gasteiger partial charge in [-0.2, -0.15) is 4.39 Å². The molecule has 1 heterocycles. The molecule has 2 aromatic rings. The van der Waals surface area contributed by atoms with Crippen LogP contribution in [0.4, 0.5) is 13.6 Å². The number of amides is 2. The molecule has 0 radical (unpaired) electrons. The zero-order valence-electron chi connectivity index (χ0n) is 15.6. The van der Waals surface area contributed by atoms with Crippen molar-refractivity contribution in [3.05, 3.63) is 64.9 Å². The van der Waals surface area contributed by atoms with Crippen molar-refractivity contribution < 1.29 is 37.4 Å². The number of carbonyl (C=O) groups excluding carboxylic acids is 3. The van der Waals surface area contributed by atoms with Crippen molar-refractivity contribution in [3.63, 3.8) is 0 Å². The molecule has 30 heavy (non-hydrogen) atoms. The predicted octanol–water partition coefficient (Wildman–Crippen LogP) is 2.41. The number of imide groups is 1. The highest BCUT2D eigenvalue weighted by atomic mass is 19.2. The molecular formula is C20H16F2N2O6. The third-order valence-electron chi connectivity index (χ3n) is 4.12. The fraction of sp³-hybridized carbons (Fsp3) is 0.150. The van der Waals surface area contributed by atoms with Crippen molar-refractivity contribution in [1.82, 2.24) is 5.32 Å². The van der Waals surface area contributed by atoms with Crippen LogP contribution in [0.2, 0.25) is 0 Å². The number of nitrogens with one attached hydrogen (secondary N) is 1. The summed E-state index contributed by atoms with van der Waals surface area (Å²) in [7, 11) is 1.15. The molecule has 3 N–H and O–H groups in total. The summed E-state index contributed by atoms with van der Waals surface area (Å²) in [5.74, 6) is -4.14. The first-order valence-electron chi connectivity index (χ1n) is 8.61. The molecule has 0 bridgehead atoms. The van der Waals surface area contributed by atoms with Gasteiger partial charge in [0.25, 0.3) is 5.91 Å². The van der Waals surface area contributed by atoms with E-state index in [1.165, 1.54) is 42.5 Å². The standard InChI is InChI=1S/C20H16F2N2O6/c1-28-19(26)13(23)9-11-4-7-14(17(22)16(11)21)29-12-5-2-10(3-6-12)8-15-18(25)24-20(27)30-15/h2-8,13H,9,23H2,1H3,(H,24,25,27). The zero-order valence-corrected chi connectivity index (χ0v) is 15.6. The molecule has 1 fully saturated rings. The average Bonchev–Trinajstić information content (AvgIpc) is 3.04. The molecule has 1 aliphatic rings. The Balaban J connectivity index is 1.73. The van der Waals surface area contributed by atoms with E-state index < -0.39 is 35.6 Å². The van der Waals surface area contributed by atoms with Gasteiger partial charge < -0.3 is 19.9 Å². The molecule has 0 spiro atoms. The van der Waals surface area contributed by atoms with Crippen LogP contribution in [-0.4, -0.2) is 31.1 Å². The highest BCUT2D eigenvalue weighted by molar-refractivity contribution is 6.09. The Morgan fingerprint density at radius 1 is 1.17 bits per heavy atom. The number of carbonyl (C=O) groups is 3. The summed E-state index contributed by atoms with van der Waals surface area (Å²) in [6.45, 7) is 0. The summed E-state index contributed by atoms with van der Waals surface area (Å²) in [4.78, 5) is 33.8. The van der Waals surface area contributed by atoms with Crippen molar-refractivity contribution in [1.29, 1.82) is 0 Å². The Labute approximate surface area is 169 Å². The molecule has 0 aromatic heterocycles. The van der Waals surface area contributed by atoms with E-state index in [0.29, 0.717) is 5.56 Å². The van der Waals surface area contributed by atoms with Gasteiger partial charge in [-0.25, -0.2) is 9.18 Å². The summed E-state index contributed by atoms with van der Waals surface area (Å²) in [6.07, 6.45) is 0.237. The van der Waals surface area contributed by atoms with Crippen molar-refractivity contribution in [3.8, 4) is 11.5 Å². The molecule has 0 aliphatic carbocycles. The molecule has 1 atom stereocenters. The van der Waals surface area contributed by atoms with Crippen molar-refractivity contribution in [2.75, 3.05) is 7.11 Å². The quantitative estimate of drug-likeness (QED) is 0.547. The lowest BCUT2D eigenvalue weighted by atomic mass is 10.1. The van der Waals surface area contributed by atoms with E-state index in [2.05, 4.69) is 4.74 Å². The van der Waals surface area contributed by atoms with Crippen LogP contribution in [0.25, 0.3) is 6.08 Å². The first-order valence-corrected chi connectivity index (χ1v) is 8.61. The van der Waals surface area contributed by atoms with Gasteiger partial charge >= 0.3 is 12.1 Å². The number of hydrogen-bond donors (Lipinski definition) is 2. The highest BCUT2D eigenvalue weighted by Gasteiger charge is 2.26.